The van der Waals surface area contributed by atoms with E-state index in [0.717, 1.165) is 16.3 Å². The van der Waals surface area contributed by atoms with Crippen molar-refractivity contribution in [3.63, 3.8) is 0 Å². The molecule has 20 heavy (non-hydrogen) atoms. The van der Waals surface area contributed by atoms with Gasteiger partial charge in [-0.05, 0) is 29.8 Å². The molecule has 2 N–H and O–H groups in total. The van der Waals surface area contributed by atoms with E-state index in [4.69, 9.17) is 11.6 Å². The number of carbonyl (C=O) groups excluding carboxylic acids is 1. The van der Waals surface area contributed by atoms with Crippen molar-refractivity contribution in [2.75, 3.05) is 10.6 Å². The van der Waals surface area contributed by atoms with Crippen molar-refractivity contribution in [2.45, 2.75) is 19.9 Å². The minimum atomic E-state index is -0.0422. The number of hydrogen-bond donors (Lipinski definition) is 2. The van der Waals surface area contributed by atoms with Crippen LogP contribution in [0.5, 0.6) is 0 Å². The molecule has 2 aromatic rings. The van der Waals surface area contributed by atoms with Gasteiger partial charge in [-0.3, -0.25) is 4.79 Å². The predicted molar refractivity (Wildman–Crippen MR) is 81.9 cm³/mol. The van der Waals surface area contributed by atoms with Crippen LogP contribution in [-0.4, -0.2) is 10.9 Å². The Balaban J connectivity index is 1.90. The highest BCUT2D eigenvalue weighted by Crippen LogP contribution is 2.13. The van der Waals surface area contributed by atoms with E-state index in [9.17, 15) is 4.79 Å². The zero-order valence-electron chi connectivity index (χ0n) is 11.2. The first-order chi connectivity index (χ1) is 9.67. The van der Waals surface area contributed by atoms with Gasteiger partial charge in [-0.1, -0.05) is 30.7 Å². The highest BCUT2D eigenvalue weighted by molar-refractivity contribution is 6.30. The molecule has 1 aromatic carbocycles. The number of amides is 1. The number of benzene rings is 1. The Bertz CT molecular complexity index is 567. The first kappa shape index (κ1) is 14.3. The standard InChI is InChI=1S/C15H16ClN3O/c1-2-15(20)19-14-8-7-13(10-18-14)17-9-11-3-5-12(16)6-4-11/h3-8,10,17H,2,9H2,1H3,(H,18,19,20). The SMILES string of the molecule is CCC(=O)Nc1ccc(NCc2ccc(Cl)cc2)cn1. The lowest BCUT2D eigenvalue weighted by molar-refractivity contribution is -0.115. The van der Waals surface area contributed by atoms with Gasteiger partial charge in [0.2, 0.25) is 5.91 Å². The van der Waals surface area contributed by atoms with E-state index in [1.807, 2.05) is 30.3 Å². The number of hydrogen-bond acceptors (Lipinski definition) is 3. The van der Waals surface area contributed by atoms with Gasteiger partial charge in [0.05, 0.1) is 11.9 Å². The molecule has 0 radical (unpaired) electrons. The Kier molecular flexibility index (Phi) is 4.96. The Morgan fingerprint density at radius 1 is 1.20 bits per heavy atom. The summed E-state index contributed by atoms with van der Waals surface area (Å²) in [6, 6.07) is 11.3. The van der Waals surface area contributed by atoms with Crippen LogP contribution in [0, 0.1) is 0 Å². The van der Waals surface area contributed by atoms with Crippen LogP contribution in [0.15, 0.2) is 42.6 Å². The predicted octanol–water partition coefficient (Wildman–Crippen LogP) is 3.70. The van der Waals surface area contributed by atoms with Crippen LogP contribution in [-0.2, 0) is 11.3 Å². The second kappa shape index (κ2) is 6.91. The Hall–Kier alpha value is -2.07. The molecule has 0 spiro atoms. The number of carbonyl (C=O) groups is 1. The number of rotatable bonds is 5. The van der Waals surface area contributed by atoms with Crippen LogP contribution in [0.1, 0.15) is 18.9 Å². The molecule has 4 nitrogen and oxygen atoms in total. The molecule has 5 heteroatoms. The van der Waals surface area contributed by atoms with Crippen molar-refractivity contribution < 1.29 is 4.79 Å². The lowest BCUT2D eigenvalue weighted by Crippen LogP contribution is -2.10. The van der Waals surface area contributed by atoms with Crippen molar-refractivity contribution in [1.29, 1.82) is 0 Å². The summed E-state index contributed by atoms with van der Waals surface area (Å²) in [6.07, 6.45) is 2.14. The first-order valence-electron chi connectivity index (χ1n) is 6.41. The van der Waals surface area contributed by atoms with Crippen LogP contribution in [0.25, 0.3) is 0 Å². The summed E-state index contributed by atoms with van der Waals surface area (Å²) in [7, 11) is 0. The van der Waals surface area contributed by atoms with Crippen LogP contribution in [0.3, 0.4) is 0 Å². The summed E-state index contributed by atoms with van der Waals surface area (Å²) in [4.78, 5) is 15.4. The van der Waals surface area contributed by atoms with Gasteiger partial charge in [0.25, 0.3) is 0 Å². The molecule has 0 aliphatic heterocycles. The van der Waals surface area contributed by atoms with Crippen molar-refractivity contribution in [3.05, 3.63) is 53.2 Å². The molecule has 0 unspecified atom stereocenters. The molecule has 104 valence electrons. The fraction of sp³-hybridized carbons (Fsp3) is 0.200. The summed E-state index contributed by atoms with van der Waals surface area (Å²) in [5.74, 6) is 0.522. The monoisotopic (exact) mass is 289 g/mol. The molecule has 1 amide bonds. The third-order valence-electron chi connectivity index (χ3n) is 2.76. The molecule has 0 aliphatic rings. The average Bonchev–Trinajstić information content (AvgIpc) is 2.48. The molecule has 0 bridgehead atoms. The van der Waals surface area contributed by atoms with E-state index in [0.29, 0.717) is 18.8 Å². The lowest BCUT2D eigenvalue weighted by Gasteiger charge is -2.07. The van der Waals surface area contributed by atoms with Gasteiger partial charge in [0.1, 0.15) is 5.82 Å². The van der Waals surface area contributed by atoms with E-state index < -0.39 is 0 Å². The molecule has 0 fully saturated rings. The highest BCUT2D eigenvalue weighted by atomic mass is 35.5. The number of pyridine rings is 1. The number of halogens is 1. The number of anilines is 2. The minimum absolute atomic E-state index is 0.0422. The molecular formula is C15H16ClN3O. The molecular weight excluding hydrogens is 274 g/mol. The van der Waals surface area contributed by atoms with Crippen molar-refractivity contribution in [3.8, 4) is 0 Å². The van der Waals surface area contributed by atoms with E-state index in [1.54, 1.807) is 19.2 Å². The van der Waals surface area contributed by atoms with Crippen LogP contribution in [0.2, 0.25) is 5.02 Å². The maximum atomic E-state index is 11.2. The second-order valence-corrected chi connectivity index (χ2v) is 4.75. The summed E-state index contributed by atoms with van der Waals surface area (Å²) in [6.45, 7) is 2.50. The van der Waals surface area contributed by atoms with Gasteiger partial charge in [-0.2, -0.15) is 0 Å². The molecule has 0 aliphatic carbocycles. The first-order valence-corrected chi connectivity index (χ1v) is 6.79. The Morgan fingerprint density at radius 3 is 2.55 bits per heavy atom. The largest absolute Gasteiger partial charge is 0.380 e. The Labute approximate surface area is 123 Å². The number of aromatic nitrogens is 1. The number of nitrogens with zero attached hydrogens (tertiary/aromatic N) is 1. The number of nitrogens with one attached hydrogen (secondary N) is 2. The third kappa shape index (κ3) is 4.24. The van der Waals surface area contributed by atoms with E-state index in [1.165, 1.54) is 0 Å². The zero-order chi connectivity index (χ0) is 14.4. The third-order valence-corrected chi connectivity index (χ3v) is 3.01. The maximum Gasteiger partial charge on any atom is 0.225 e. The van der Waals surface area contributed by atoms with E-state index >= 15 is 0 Å². The van der Waals surface area contributed by atoms with Crippen LogP contribution < -0.4 is 10.6 Å². The van der Waals surface area contributed by atoms with Crippen LogP contribution >= 0.6 is 11.6 Å². The van der Waals surface area contributed by atoms with E-state index in [2.05, 4.69) is 15.6 Å². The summed E-state index contributed by atoms with van der Waals surface area (Å²) >= 11 is 5.83. The highest BCUT2D eigenvalue weighted by Gasteiger charge is 2.00. The van der Waals surface area contributed by atoms with Gasteiger partial charge in [-0.15, -0.1) is 0 Å². The van der Waals surface area contributed by atoms with Crippen molar-refractivity contribution >= 4 is 29.0 Å². The molecule has 1 aromatic heterocycles. The van der Waals surface area contributed by atoms with E-state index in [-0.39, 0.29) is 5.91 Å². The summed E-state index contributed by atoms with van der Waals surface area (Å²) in [5.41, 5.74) is 2.03. The Morgan fingerprint density at radius 2 is 1.95 bits per heavy atom. The topological polar surface area (TPSA) is 54.0 Å². The fourth-order valence-electron chi connectivity index (χ4n) is 1.61. The zero-order valence-corrected chi connectivity index (χ0v) is 11.9. The van der Waals surface area contributed by atoms with Gasteiger partial charge < -0.3 is 10.6 Å². The van der Waals surface area contributed by atoms with Crippen LogP contribution in [0.4, 0.5) is 11.5 Å². The fourth-order valence-corrected chi connectivity index (χ4v) is 1.74. The average molecular weight is 290 g/mol. The summed E-state index contributed by atoms with van der Waals surface area (Å²) < 4.78 is 0. The smallest absolute Gasteiger partial charge is 0.225 e. The minimum Gasteiger partial charge on any atom is -0.380 e. The molecule has 1 heterocycles. The van der Waals surface area contributed by atoms with Crippen molar-refractivity contribution in [1.82, 2.24) is 4.98 Å². The lowest BCUT2D eigenvalue weighted by atomic mass is 10.2. The maximum absolute atomic E-state index is 11.2. The second-order valence-electron chi connectivity index (χ2n) is 4.31. The van der Waals surface area contributed by atoms with Gasteiger partial charge in [0.15, 0.2) is 0 Å². The van der Waals surface area contributed by atoms with Crippen molar-refractivity contribution in [2.24, 2.45) is 0 Å². The summed E-state index contributed by atoms with van der Waals surface area (Å²) in [5, 5.41) is 6.69. The molecule has 2 rings (SSSR count). The van der Waals surface area contributed by atoms with Gasteiger partial charge >= 0.3 is 0 Å². The molecule has 0 atom stereocenters. The van der Waals surface area contributed by atoms with Gasteiger partial charge in [-0.25, -0.2) is 4.98 Å². The molecule has 0 saturated carbocycles. The normalized spacial score (nSPS) is 10.1. The van der Waals surface area contributed by atoms with Gasteiger partial charge in [0, 0.05) is 18.0 Å². The quantitative estimate of drug-likeness (QED) is 0.882. The molecule has 0 saturated heterocycles.